The number of hydrogen-bond donors (Lipinski definition) is 1. The molecular formula is C23H20N4O4S. The van der Waals surface area contributed by atoms with Gasteiger partial charge in [-0.15, -0.1) is 0 Å². The SMILES string of the molecule is COc1ccc(/C=C2\SC(=O)N(CCNC(=O)c3ccc(-n4cccn4)cc3)C2=O)cc1. The van der Waals surface area contributed by atoms with E-state index in [0.717, 1.165) is 27.9 Å². The van der Waals surface area contributed by atoms with E-state index in [1.54, 1.807) is 60.5 Å². The number of benzene rings is 2. The third-order valence-corrected chi connectivity index (χ3v) is 5.71. The number of nitrogens with one attached hydrogen (secondary N) is 1. The van der Waals surface area contributed by atoms with Gasteiger partial charge in [-0.3, -0.25) is 19.3 Å². The fourth-order valence-electron chi connectivity index (χ4n) is 3.11. The first-order valence-corrected chi connectivity index (χ1v) is 10.6. The maximum absolute atomic E-state index is 12.6. The van der Waals surface area contributed by atoms with Crippen LogP contribution in [0.25, 0.3) is 11.8 Å². The summed E-state index contributed by atoms with van der Waals surface area (Å²) in [5, 5.41) is 6.54. The molecule has 1 saturated heterocycles. The van der Waals surface area contributed by atoms with Gasteiger partial charge in [0.1, 0.15) is 5.75 Å². The van der Waals surface area contributed by atoms with Crippen LogP contribution in [-0.2, 0) is 4.79 Å². The van der Waals surface area contributed by atoms with E-state index in [4.69, 9.17) is 4.74 Å². The first-order valence-electron chi connectivity index (χ1n) is 9.83. The summed E-state index contributed by atoms with van der Waals surface area (Å²) in [6.07, 6.45) is 5.16. The number of rotatable bonds is 7. The van der Waals surface area contributed by atoms with Crippen molar-refractivity contribution in [2.24, 2.45) is 0 Å². The number of carbonyl (C=O) groups excluding carboxylic acids is 3. The average molecular weight is 449 g/mol. The van der Waals surface area contributed by atoms with Crippen molar-refractivity contribution in [2.45, 2.75) is 0 Å². The van der Waals surface area contributed by atoms with Crippen molar-refractivity contribution in [2.75, 3.05) is 20.2 Å². The number of amides is 3. The molecule has 2 heterocycles. The molecule has 1 fully saturated rings. The summed E-state index contributed by atoms with van der Waals surface area (Å²) in [6.45, 7) is 0.259. The monoisotopic (exact) mass is 448 g/mol. The Kier molecular flexibility index (Phi) is 6.37. The second kappa shape index (κ2) is 9.52. The summed E-state index contributed by atoms with van der Waals surface area (Å²) < 4.78 is 6.81. The number of carbonyl (C=O) groups is 3. The Labute approximate surface area is 188 Å². The van der Waals surface area contributed by atoms with Crippen LogP contribution in [0.3, 0.4) is 0 Å². The minimum atomic E-state index is -0.367. The highest BCUT2D eigenvalue weighted by atomic mass is 32.2. The predicted octanol–water partition coefficient (Wildman–Crippen LogP) is 3.35. The lowest BCUT2D eigenvalue weighted by atomic mass is 10.2. The van der Waals surface area contributed by atoms with Crippen LogP contribution < -0.4 is 10.1 Å². The van der Waals surface area contributed by atoms with E-state index in [9.17, 15) is 14.4 Å². The fraction of sp³-hybridized carbons (Fsp3) is 0.130. The molecule has 3 amide bonds. The lowest BCUT2D eigenvalue weighted by molar-refractivity contribution is -0.122. The van der Waals surface area contributed by atoms with Crippen molar-refractivity contribution < 1.29 is 19.1 Å². The van der Waals surface area contributed by atoms with Gasteiger partial charge in [0.2, 0.25) is 0 Å². The minimum Gasteiger partial charge on any atom is -0.497 e. The van der Waals surface area contributed by atoms with Crippen molar-refractivity contribution in [3.05, 3.63) is 83.0 Å². The van der Waals surface area contributed by atoms with Crippen LogP contribution in [0.1, 0.15) is 15.9 Å². The van der Waals surface area contributed by atoms with Crippen molar-refractivity contribution in [3.8, 4) is 11.4 Å². The molecule has 0 aliphatic carbocycles. The van der Waals surface area contributed by atoms with Crippen molar-refractivity contribution in [1.29, 1.82) is 0 Å². The van der Waals surface area contributed by atoms with Crippen molar-refractivity contribution in [1.82, 2.24) is 20.0 Å². The maximum Gasteiger partial charge on any atom is 0.293 e. The molecule has 1 aromatic heterocycles. The Morgan fingerprint density at radius 1 is 1.12 bits per heavy atom. The number of methoxy groups -OCH3 is 1. The molecule has 0 saturated carbocycles. The van der Waals surface area contributed by atoms with Crippen LogP contribution in [0.2, 0.25) is 0 Å². The highest BCUT2D eigenvalue weighted by Gasteiger charge is 2.34. The predicted molar refractivity (Wildman–Crippen MR) is 122 cm³/mol. The molecule has 0 radical (unpaired) electrons. The summed E-state index contributed by atoms with van der Waals surface area (Å²) in [5.41, 5.74) is 2.12. The first kappa shape index (κ1) is 21.4. The third kappa shape index (κ3) is 4.73. The van der Waals surface area contributed by atoms with E-state index in [-0.39, 0.29) is 30.1 Å². The molecule has 8 nitrogen and oxygen atoms in total. The number of ether oxygens (including phenoxy) is 1. The standard InChI is InChI=1S/C23H20N4O4S/c1-31-19-9-3-16(4-10-19)15-20-22(29)26(23(30)32-20)14-12-24-21(28)17-5-7-18(8-6-17)27-13-2-11-25-27/h2-11,13,15H,12,14H2,1H3,(H,24,28)/b20-15-. The topological polar surface area (TPSA) is 93.5 Å². The highest BCUT2D eigenvalue weighted by Crippen LogP contribution is 2.32. The molecule has 0 unspecified atom stereocenters. The van der Waals surface area contributed by atoms with Crippen LogP contribution >= 0.6 is 11.8 Å². The minimum absolute atomic E-state index is 0.0989. The number of thioether (sulfide) groups is 1. The Morgan fingerprint density at radius 3 is 2.53 bits per heavy atom. The van der Waals surface area contributed by atoms with Crippen molar-refractivity contribution in [3.63, 3.8) is 0 Å². The molecule has 2 aromatic carbocycles. The Morgan fingerprint density at radius 2 is 1.88 bits per heavy atom. The number of imide groups is 1. The van der Waals surface area contributed by atoms with Gasteiger partial charge >= 0.3 is 0 Å². The second-order valence-corrected chi connectivity index (χ2v) is 7.85. The lowest BCUT2D eigenvalue weighted by Gasteiger charge is -2.13. The molecule has 1 aliphatic rings. The van der Waals surface area contributed by atoms with Crippen LogP contribution in [0, 0.1) is 0 Å². The summed E-state index contributed by atoms with van der Waals surface area (Å²) >= 11 is 0.888. The van der Waals surface area contributed by atoms with Gasteiger partial charge in [0.05, 0.1) is 17.7 Å². The summed E-state index contributed by atoms with van der Waals surface area (Å²) in [7, 11) is 1.58. The maximum atomic E-state index is 12.6. The molecule has 32 heavy (non-hydrogen) atoms. The number of aromatic nitrogens is 2. The normalized spacial score (nSPS) is 14.8. The van der Waals surface area contributed by atoms with Crippen LogP contribution in [-0.4, -0.2) is 51.9 Å². The Balaban J connectivity index is 1.32. The zero-order chi connectivity index (χ0) is 22.5. The van der Waals surface area contributed by atoms with Gasteiger partial charge in [0, 0.05) is 31.0 Å². The smallest absolute Gasteiger partial charge is 0.293 e. The molecule has 1 N–H and O–H groups in total. The van der Waals surface area contributed by atoms with Gasteiger partial charge in [-0.2, -0.15) is 5.10 Å². The van der Waals surface area contributed by atoms with E-state index >= 15 is 0 Å². The molecule has 1 aliphatic heterocycles. The lowest BCUT2D eigenvalue weighted by Crippen LogP contribution is -2.37. The zero-order valence-corrected chi connectivity index (χ0v) is 18.0. The van der Waals surface area contributed by atoms with E-state index in [2.05, 4.69) is 10.4 Å². The Bertz CT molecular complexity index is 1160. The van der Waals surface area contributed by atoms with E-state index in [0.29, 0.717) is 16.2 Å². The Hall–Kier alpha value is -3.85. The molecule has 4 rings (SSSR count). The molecule has 9 heteroatoms. The van der Waals surface area contributed by atoms with Crippen LogP contribution in [0.5, 0.6) is 5.75 Å². The molecule has 0 spiro atoms. The van der Waals surface area contributed by atoms with Gasteiger partial charge in [-0.25, -0.2) is 4.68 Å². The highest BCUT2D eigenvalue weighted by molar-refractivity contribution is 8.18. The van der Waals surface area contributed by atoms with Gasteiger partial charge in [0.15, 0.2) is 0 Å². The molecule has 3 aromatic rings. The fourth-order valence-corrected chi connectivity index (χ4v) is 3.98. The van der Waals surface area contributed by atoms with Gasteiger partial charge < -0.3 is 10.1 Å². The zero-order valence-electron chi connectivity index (χ0n) is 17.2. The molecule has 0 atom stereocenters. The third-order valence-electron chi connectivity index (χ3n) is 4.81. The second-order valence-electron chi connectivity index (χ2n) is 6.86. The summed E-state index contributed by atoms with van der Waals surface area (Å²) in [6, 6.07) is 16.0. The van der Waals surface area contributed by atoms with Gasteiger partial charge in [-0.1, -0.05) is 12.1 Å². The van der Waals surface area contributed by atoms with Gasteiger partial charge in [-0.05, 0) is 65.9 Å². The largest absolute Gasteiger partial charge is 0.497 e. The van der Waals surface area contributed by atoms with Gasteiger partial charge in [0.25, 0.3) is 17.1 Å². The van der Waals surface area contributed by atoms with E-state index < -0.39 is 0 Å². The average Bonchev–Trinajstić information content (AvgIpc) is 3.44. The van der Waals surface area contributed by atoms with Crippen molar-refractivity contribution >= 4 is 34.9 Å². The molecule has 162 valence electrons. The molecule has 0 bridgehead atoms. The van der Waals surface area contributed by atoms with E-state index in [1.165, 1.54) is 0 Å². The molecular weight excluding hydrogens is 428 g/mol. The first-order chi connectivity index (χ1) is 15.5. The van der Waals surface area contributed by atoms with Crippen LogP contribution in [0.15, 0.2) is 71.9 Å². The summed E-state index contributed by atoms with van der Waals surface area (Å²) in [4.78, 5) is 38.8. The van der Waals surface area contributed by atoms with E-state index in [1.807, 2.05) is 24.4 Å². The van der Waals surface area contributed by atoms with Crippen LogP contribution in [0.4, 0.5) is 4.79 Å². The number of nitrogens with zero attached hydrogens (tertiary/aromatic N) is 3. The number of hydrogen-bond acceptors (Lipinski definition) is 6. The summed E-state index contributed by atoms with van der Waals surface area (Å²) in [5.74, 6) is 0.0634. The quantitative estimate of drug-likeness (QED) is 0.557.